The molecule has 1 aromatic heterocycles. The summed E-state index contributed by atoms with van der Waals surface area (Å²) < 4.78 is 23.0. The van der Waals surface area contributed by atoms with Crippen molar-refractivity contribution >= 4 is 43.3 Å². The van der Waals surface area contributed by atoms with Crippen molar-refractivity contribution in [1.82, 2.24) is 5.32 Å². The molecule has 0 aliphatic rings. The monoisotopic (exact) mass is 425 g/mol. The van der Waals surface area contributed by atoms with Gasteiger partial charge in [-0.05, 0) is 32.8 Å². The molecule has 0 saturated heterocycles. The van der Waals surface area contributed by atoms with Crippen LogP contribution in [0.15, 0.2) is 38.9 Å². The lowest BCUT2D eigenvalue weighted by Gasteiger charge is -2.25. The summed E-state index contributed by atoms with van der Waals surface area (Å²) in [4.78, 5) is 25.3. The number of hydrogen-bond acceptors (Lipinski definition) is 5. The van der Waals surface area contributed by atoms with Crippen LogP contribution in [-0.4, -0.2) is 27.9 Å². The topological polar surface area (TPSA) is 111 Å². The third-order valence-corrected chi connectivity index (χ3v) is 6.67. The molecule has 1 aromatic carbocycles. The number of fused-ring (bicyclic) bond motifs is 1. The van der Waals surface area contributed by atoms with E-state index in [-0.39, 0.29) is 5.92 Å². The number of carbonyl (C=O) groups is 2. The van der Waals surface area contributed by atoms with Gasteiger partial charge < -0.3 is 10.1 Å². The number of benzene rings is 1. The highest BCUT2D eigenvalue weighted by Crippen LogP contribution is 2.29. The lowest BCUT2D eigenvalue weighted by atomic mass is 9.99. The molecule has 0 saturated carbocycles. The Morgan fingerprint density at radius 3 is 2.57 bits per heavy atom. The summed E-state index contributed by atoms with van der Waals surface area (Å²) in [5, 5.41) is 10.9. The van der Waals surface area contributed by atoms with Crippen LogP contribution in [0.5, 0.6) is 0 Å². The molecule has 0 spiro atoms. The number of rotatable bonds is 5. The number of amides is 2. The molecular weight excluding hydrogens is 398 g/mol. The molecule has 1 unspecified atom stereocenters. The van der Waals surface area contributed by atoms with Crippen molar-refractivity contribution in [1.29, 1.82) is 0 Å². The van der Waals surface area contributed by atoms with Crippen LogP contribution in [0.3, 0.4) is 0 Å². The van der Waals surface area contributed by atoms with Gasteiger partial charge >= 0.3 is 6.09 Å². The second kappa shape index (κ2) is 8.59. The van der Waals surface area contributed by atoms with Crippen molar-refractivity contribution in [2.45, 2.75) is 57.6 Å². The van der Waals surface area contributed by atoms with Gasteiger partial charge in [-0.3, -0.25) is 4.79 Å². The highest BCUT2D eigenvalue weighted by atomic mass is 32.2. The second-order valence-electron chi connectivity index (χ2n) is 7.60. The molecule has 7 nitrogen and oxygen atoms in total. The van der Waals surface area contributed by atoms with Gasteiger partial charge in [0.2, 0.25) is 0 Å². The fourth-order valence-corrected chi connectivity index (χ4v) is 5.09. The highest BCUT2D eigenvalue weighted by Gasteiger charge is 2.29. The smallest absolute Gasteiger partial charge is 0.408 e. The predicted octanol–water partition coefficient (Wildman–Crippen LogP) is 4.07. The first-order valence-corrected chi connectivity index (χ1v) is 11.4. The van der Waals surface area contributed by atoms with Crippen molar-refractivity contribution < 1.29 is 18.5 Å². The van der Waals surface area contributed by atoms with Gasteiger partial charge in [0.05, 0.1) is 4.90 Å². The van der Waals surface area contributed by atoms with Crippen LogP contribution >= 0.6 is 11.3 Å². The van der Waals surface area contributed by atoms with E-state index in [4.69, 9.17) is 9.88 Å². The largest absolute Gasteiger partial charge is 0.444 e. The van der Waals surface area contributed by atoms with Gasteiger partial charge in [-0.15, -0.1) is 15.7 Å². The van der Waals surface area contributed by atoms with Crippen molar-refractivity contribution in [3.05, 3.63) is 29.6 Å². The number of ether oxygens (including phenoxy) is 1. The summed E-state index contributed by atoms with van der Waals surface area (Å²) >= 11 is 1.38. The summed E-state index contributed by atoms with van der Waals surface area (Å²) in [5.41, 5.74) is -0.707. The van der Waals surface area contributed by atoms with Crippen LogP contribution in [0, 0.1) is 5.92 Å². The number of alkyl carbamates (subject to hydrolysis) is 1. The van der Waals surface area contributed by atoms with Gasteiger partial charge in [0, 0.05) is 15.5 Å². The molecule has 28 heavy (non-hydrogen) atoms. The third kappa shape index (κ3) is 5.52. The first-order valence-electron chi connectivity index (χ1n) is 8.99. The average molecular weight is 426 g/mol. The standard InChI is InChI=1S/C19H27N3O4S2/c1-6-12(2)16(21-18(24)26-19(3,4)5)17(23)22-28(20,25)15-11-27-14-10-8-7-9-13(14)15/h7-12,16H,6H2,1-5H3,(H,21,24)(H2,20,22,23,25)/t12-,16-,28?/m0/s1. The van der Waals surface area contributed by atoms with Gasteiger partial charge in [0.15, 0.2) is 0 Å². The van der Waals surface area contributed by atoms with Crippen LogP contribution in [0.4, 0.5) is 4.79 Å². The van der Waals surface area contributed by atoms with Crippen LogP contribution < -0.4 is 10.5 Å². The van der Waals surface area contributed by atoms with E-state index in [9.17, 15) is 13.8 Å². The molecule has 0 aliphatic carbocycles. The lowest BCUT2D eigenvalue weighted by molar-refractivity contribution is -0.120. The summed E-state index contributed by atoms with van der Waals surface area (Å²) in [7, 11) is -3.46. The number of nitrogens with two attached hydrogens (primary N) is 1. The minimum Gasteiger partial charge on any atom is -0.444 e. The highest BCUT2D eigenvalue weighted by molar-refractivity contribution is 7.92. The first-order chi connectivity index (χ1) is 12.9. The zero-order valence-corrected chi connectivity index (χ0v) is 18.4. The van der Waals surface area contributed by atoms with E-state index in [2.05, 4.69) is 9.68 Å². The normalized spacial score (nSPS) is 16.1. The molecule has 0 aliphatic heterocycles. The lowest BCUT2D eigenvalue weighted by Crippen LogP contribution is -2.46. The molecule has 0 fully saturated rings. The second-order valence-corrected chi connectivity index (χ2v) is 10.3. The molecule has 154 valence electrons. The van der Waals surface area contributed by atoms with E-state index in [1.807, 2.05) is 25.1 Å². The average Bonchev–Trinajstić information content (AvgIpc) is 3.02. The number of nitrogens with zero attached hydrogens (tertiary/aromatic N) is 1. The fourth-order valence-electron chi connectivity index (χ4n) is 2.54. The van der Waals surface area contributed by atoms with Crippen LogP contribution in [-0.2, 0) is 19.4 Å². The third-order valence-electron chi connectivity index (χ3n) is 4.14. The van der Waals surface area contributed by atoms with Gasteiger partial charge in [-0.2, -0.15) is 0 Å². The predicted molar refractivity (Wildman–Crippen MR) is 112 cm³/mol. The molecule has 0 bridgehead atoms. The number of hydrogen-bond donors (Lipinski definition) is 2. The molecule has 2 amide bonds. The van der Waals surface area contributed by atoms with E-state index in [0.717, 1.165) is 4.70 Å². The first kappa shape index (κ1) is 22.3. The maximum Gasteiger partial charge on any atom is 0.408 e. The van der Waals surface area contributed by atoms with Crippen LogP contribution in [0.1, 0.15) is 41.0 Å². The molecule has 2 rings (SSSR count). The summed E-state index contributed by atoms with van der Waals surface area (Å²) in [5.74, 6) is -0.971. The quantitative estimate of drug-likeness (QED) is 0.752. The van der Waals surface area contributed by atoms with Crippen molar-refractivity contribution in [2.24, 2.45) is 15.4 Å². The van der Waals surface area contributed by atoms with E-state index in [1.54, 1.807) is 39.1 Å². The Morgan fingerprint density at radius 1 is 1.32 bits per heavy atom. The zero-order valence-electron chi connectivity index (χ0n) is 16.7. The molecule has 2 aromatic rings. The van der Waals surface area contributed by atoms with Gasteiger partial charge in [0.25, 0.3) is 5.91 Å². The van der Waals surface area contributed by atoms with Gasteiger partial charge in [-0.1, -0.05) is 38.5 Å². The minimum absolute atomic E-state index is 0.238. The number of thiophene rings is 1. The Kier molecular flexibility index (Phi) is 6.84. The fraction of sp³-hybridized carbons (Fsp3) is 0.474. The SMILES string of the molecule is CC[C@H](C)[C@H](NC(=O)OC(C)(C)C)C(=O)N=S(N)(=O)c1csc2ccccc12. The number of nitrogens with one attached hydrogen (secondary N) is 1. The zero-order chi connectivity index (χ0) is 21.1. The van der Waals surface area contributed by atoms with E-state index < -0.39 is 33.6 Å². The van der Waals surface area contributed by atoms with Crippen LogP contribution in [0.25, 0.3) is 10.1 Å². The molecule has 3 atom stereocenters. The Labute approximate surface area is 170 Å². The molecule has 0 radical (unpaired) electrons. The minimum atomic E-state index is -3.46. The van der Waals surface area contributed by atoms with E-state index in [0.29, 0.717) is 16.7 Å². The Balaban J connectivity index is 2.35. The maximum absolute atomic E-state index is 13.1. The molecule has 1 heterocycles. The Morgan fingerprint density at radius 2 is 1.96 bits per heavy atom. The number of carbonyl (C=O) groups excluding carboxylic acids is 2. The van der Waals surface area contributed by atoms with Gasteiger partial charge in [-0.25, -0.2) is 14.1 Å². The maximum atomic E-state index is 13.1. The molecule has 9 heteroatoms. The van der Waals surface area contributed by atoms with Crippen molar-refractivity contribution in [3.8, 4) is 0 Å². The van der Waals surface area contributed by atoms with Gasteiger partial charge in [0.1, 0.15) is 21.6 Å². The van der Waals surface area contributed by atoms with E-state index >= 15 is 0 Å². The van der Waals surface area contributed by atoms with E-state index in [1.165, 1.54) is 11.3 Å². The Hall–Kier alpha value is -1.97. The van der Waals surface area contributed by atoms with Crippen molar-refractivity contribution in [2.75, 3.05) is 0 Å². The van der Waals surface area contributed by atoms with Crippen molar-refractivity contribution in [3.63, 3.8) is 0 Å². The summed E-state index contributed by atoms with van der Waals surface area (Å²) in [6, 6.07) is 6.37. The molecule has 3 N–H and O–H groups in total. The Bertz CT molecular complexity index is 984. The summed E-state index contributed by atoms with van der Waals surface area (Å²) in [6.07, 6.45) is -0.125. The molecular formula is C19H27N3O4S2. The summed E-state index contributed by atoms with van der Waals surface area (Å²) in [6.45, 7) is 8.86. The van der Waals surface area contributed by atoms with Crippen LogP contribution in [0.2, 0.25) is 0 Å².